The van der Waals surface area contributed by atoms with Crippen molar-refractivity contribution in [3.05, 3.63) is 18.2 Å². The topological polar surface area (TPSA) is 104 Å². The summed E-state index contributed by atoms with van der Waals surface area (Å²) < 4.78 is 10.7. The highest BCUT2D eigenvalue weighted by Crippen LogP contribution is 2.36. The first-order valence-electron chi connectivity index (χ1n) is 3.06. The van der Waals surface area contributed by atoms with Crippen LogP contribution in [0.5, 0.6) is 5.75 Å². The van der Waals surface area contributed by atoms with Crippen LogP contribution in [0.1, 0.15) is 0 Å². The van der Waals surface area contributed by atoms with E-state index < -0.39 is 7.60 Å². The van der Waals surface area contributed by atoms with Crippen molar-refractivity contribution in [1.29, 1.82) is 0 Å². The maximum atomic E-state index is 10.7. The van der Waals surface area contributed by atoms with Crippen molar-refractivity contribution >= 4 is 18.6 Å². The molecule has 0 radical (unpaired) electrons. The van der Waals surface area contributed by atoms with Gasteiger partial charge in [0.15, 0.2) is 0 Å². The SMILES string of the molecule is Nc1cc(O)ccc1P(=O)(O)O. The summed E-state index contributed by atoms with van der Waals surface area (Å²) in [5, 5.41) is 8.61. The largest absolute Gasteiger partial charge is 0.508 e. The van der Waals surface area contributed by atoms with E-state index in [1.165, 1.54) is 6.07 Å². The second-order valence-corrected chi connectivity index (χ2v) is 3.86. The molecule has 0 bridgehead atoms. The molecule has 0 aliphatic heterocycles. The molecule has 5 N–H and O–H groups in total. The Morgan fingerprint density at radius 3 is 2.33 bits per heavy atom. The van der Waals surface area contributed by atoms with E-state index in [0.717, 1.165) is 12.1 Å². The summed E-state index contributed by atoms with van der Waals surface area (Å²) in [6.07, 6.45) is 0. The number of anilines is 1. The fourth-order valence-electron chi connectivity index (χ4n) is 0.807. The highest BCUT2D eigenvalue weighted by molar-refractivity contribution is 7.60. The third-order valence-electron chi connectivity index (χ3n) is 1.32. The Kier molecular flexibility index (Phi) is 2.10. The number of rotatable bonds is 1. The van der Waals surface area contributed by atoms with Gasteiger partial charge in [0.05, 0.1) is 11.0 Å². The number of phenolic OH excluding ortho intramolecular Hbond substituents is 1. The average Bonchev–Trinajstić information content (AvgIpc) is 1.83. The minimum atomic E-state index is -4.31. The lowest BCUT2D eigenvalue weighted by molar-refractivity contribution is 0.387. The highest BCUT2D eigenvalue weighted by atomic mass is 31.2. The second kappa shape index (κ2) is 2.79. The Morgan fingerprint density at radius 2 is 1.92 bits per heavy atom. The minimum Gasteiger partial charge on any atom is -0.508 e. The van der Waals surface area contributed by atoms with Gasteiger partial charge in [-0.25, -0.2) is 0 Å². The zero-order valence-corrected chi connectivity index (χ0v) is 6.90. The van der Waals surface area contributed by atoms with Gasteiger partial charge in [0, 0.05) is 6.07 Å². The van der Waals surface area contributed by atoms with Crippen molar-refractivity contribution in [1.82, 2.24) is 0 Å². The van der Waals surface area contributed by atoms with E-state index in [-0.39, 0.29) is 16.7 Å². The van der Waals surface area contributed by atoms with Crippen molar-refractivity contribution in [3.63, 3.8) is 0 Å². The fourth-order valence-corrected chi connectivity index (χ4v) is 1.48. The molecule has 6 heteroatoms. The molecule has 12 heavy (non-hydrogen) atoms. The Morgan fingerprint density at radius 1 is 1.33 bits per heavy atom. The number of nitrogens with two attached hydrogens (primary N) is 1. The van der Waals surface area contributed by atoms with E-state index in [1.807, 2.05) is 0 Å². The first-order valence-corrected chi connectivity index (χ1v) is 4.67. The van der Waals surface area contributed by atoms with E-state index in [0.29, 0.717) is 0 Å². The summed E-state index contributed by atoms with van der Waals surface area (Å²) in [6.45, 7) is 0. The number of hydrogen-bond acceptors (Lipinski definition) is 3. The van der Waals surface area contributed by atoms with Crippen LogP contribution in [0.3, 0.4) is 0 Å². The lowest BCUT2D eigenvalue weighted by atomic mass is 10.3. The lowest BCUT2D eigenvalue weighted by Gasteiger charge is -2.06. The molecular formula is C6H8NO4P. The molecule has 0 saturated heterocycles. The molecule has 0 aliphatic rings. The molecule has 0 fully saturated rings. The van der Waals surface area contributed by atoms with Crippen LogP contribution in [0, 0.1) is 0 Å². The van der Waals surface area contributed by atoms with Crippen LogP contribution in [-0.2, 0) is 4.57 Å². The van der Waals surface area contributed by atoms with Gasteiger partial charge in [-0.1, -0.05) is 0 Å². The maximum Gasteiger partial charge on any atom is 0.358 e. The van der Waals surface area contributed by atoms with E-state index >= 15 is 0 Å². The van der Waals surface area contributed by atoms with Crippen LogP contribution in [0.15, 0.2) is 18.2 Å². The van der Waals surface area contributed by atoms with Gasteiger partial charge >= 0.3 is 7.60 Å². The lowest BCUT2D eigenvalue weighted by Crippen LogP contribution is -2.09. The van der Waals surface area contributed by atoms with Gasteiger partial charge in [-0.2, -0.15) is 0 Å². The molecule has 66 valence electrons. The highest BCUT2D eigenvalue weighted by Gasteiger charge is 2.19. The Bertz CT molecular complexity index is 345. The Balaban J connectivity index is 3.28. The monoisotopic (exact) mass is 189 g/mol. The molecule has 0 saturated carbocycles. The summed E-state index contributed by atoms with van der Waals surface area (Å²) in [7, 11) is -4.31. The second-order valence-electron chi connectivity index (χ2n) is 2.29. The Hall–Kier alpha value is -1.03. The van der Waals surface area contributed by atoms with Crippen LogP contribution >= 0.6 is 7.60 Å². The Labute approximate surface area is 68.6 Å². The van der Waals surface area contributed by atoms with Crippen molar-refractivity contribution in [2.45, 2.75) is 0 Å². The number of hydrogen-bond donors (Lipinski definition) is 4. The van der Waals surface area contributed by atoms with Gasteiger partial charge < -0.3 is 20.6 Å². The van der Waals surface area contributed by atoms with Crippen molar-refractivity contribution in [3.8, 4) is 5.75 Å². The van der Waals surface area contributed by atoms with E-state index in [4.69, 9.17) is 20.6 Å². The summed E-state index contributed by atoms with van der Waals surface area (Å²) in [6, 6.07) is 3.37. The third-order valence-corrected chi connectivity index (χ3v) is 2.36. The van der Waals surface area contributed by atoms with Gasteiger partial charge in [-0.3, -0.25) is 4.57 Å². The zero-order valence-electron chi connectivity index (χ0n) is 6.01. The van der Waals surface area contributed by atoms with Crippen molar-refractivity contribution in [2.75, 3.05) is 5.73 Å². The summed E-state index contributed by atoms with van der Waals surface area (Å²) >= 11 is 0. The van der Waals surface area contributed by atoms with Gasteiger partial charge in [0.1, 0.15) is 5.75 Å². The molecule has 0 spiro atoms. The molecule has 0 aromatic heterocycles. The molecular weight excluding hydrogens is 181 g/mol. The van der Waals surface area contributed by atoms with E-state index in [1.54, 1.807) is 0 Å². The summed E-state index contributed by atoms with van der Waals surface area (Å²) in [5.74, 6) is -0.121. The van der Waals surface area contributed by atoms with Crippen molar-refractivity contribution < 1.29 is 19.5 Å². The molecule has 1 aromatic carbocycles. The molecule has 1 aromatic rings. The standard InChI is InChI=1S/C6H8NO4P/c7-5-3-4(8)1-2-6(5)12(9,10)11/h1-3,8H,7H2,(H2,9,10,11). The first kappa shape index (κ1) is 9.06. The normalized spacial score (nSPS) is 11.5. The minimum absolute atomic E-state index is 0.108. The quantitative estimate of drug-likeness (QED) is 0.361. The molecule has 0 unspecified atom stereocenters. The molecule has 0 heterocycles. The predicted molar refractivity (Wildman–Crippen MR) is 44.2 cm³/mol. The third kappa shape index (κ3) is 1.76. The summed E-state index contributed by atoms with van der Waals surface area (Å²) in [4.78, 5) is 17.4. The first-order chi connectivity index (χ1) is 5.41. The maximum absolute atomic E-state index is 10.7. The summed E-state index contributed by atoms with van der Waals surface area (Å²) in [5.41, 5.74) is 5.15. The molecule has 1 rings (SSSR count). The average molecular weight is 189 g/mol. The predicted octanol–water partition coefficient (Wildman–Crippen LogP) is -0.223. The van der Waals surface area contributed by atoms with Gasteiger partial charge in [0.2, 0.25) is 0 Å². The molecule has 0 aliphatic carbocycles. The van der Waals surface area contributed by atoms with Crippen LogP contribution in [0.25, 0.3) is 0 Å². The number of nitrogen functional groups attached to an aromatic ring is 1. The molecule has 5 nitrogen and oxygen atoms in total. The number of benzene rings is 1. The smallest absolute Gasteiger partial charge is 0.358 e. The number of phenols is 1. The van der Waals surface area contributed by atoms with Crippen LogP contribution in [0.4, 0.5) is 5.69 Å². The molecule has 0 amide bonds. The van der Waals surface area contributed by atoms with E-state index in [9.17, 15) is 4.57 Å². The number of aromatic hydroxyl groups is 1. The molecule has 0 atom stereocenters. The van der Waals surface area contributed by atoms with Gasteiger partial charge in [-0.15, -0.1) is 0 Å². The zero-order chi connectivity index (χ0) is 9.35. The van der Waals surface area contributed by atoms with Gasteiger partial charge in [-0.05, 0) is 12.1 Å². The van der Waals surface area contributed by atoms with Crippen molar-refractivity contribution in [2.24, 2.45) is 0 Å². The van der Waals surface area contributed by atoms with Crippen LogP contribution in [0.2, 0.25) is 0 Å². The van der Waals surface area contributed by atoms with Crippen LogP contribution in [-0.4, -0.2) is 14.9 Å². The fraction of sp³-hybridized carbons (Fsp3) is 0. The van der Waals surface area contributed by atoms with Gasteiger partial charge in [0.25, 0.3) is 0 Å². The van der Waals surface area contributed by atoms with Crippen LogP contribution < -0.4 is 11.0 Å². The van der Waals surface area contributed by atoms with E-state index in [2.05, 4.69) is 0 Å².